The first-order valence-electron chi connectivity index (χ1n) is 10.2. The van der Waals surface area contributed by atoms with Crippen LogP contribution in [-0.2, 0) is 11.2 Å². The van der Waals surface area contributed by atoms with E-state index in [0.717, 1.165) is 34.5 Å². The van der Waals surface area contributed by atoms with Crippen molar-refractivity contribution in [2.45, 2.75) is 44.9 Å². The fraction of sp³-hybridized carbons (Fsp3) is 0.500. The van der Waals surface area contributed by atoms with E-state index in [-0.39, 0.29) is 11.8 Å². The number of nitrogens with zero attached hydrogens (tertiary/aromatic N) is 3. The smallest absolute Gasteiger partial charge is 0.265 e. The van der Waals surface area contributed by atoms with Gasteiger partial charge in [-0.25, -0.2) is 4.98 Å². The van der Waals surface area contributed by atoms with Crippen molar-refractivity contribution in [3.8, 4) is 0 Å². The van der Waals surface area contributed by atoms with Crippen LogP contribution in [0, 0.1) is 6.92 Å². The molecular formula is C22H27N3O2S. The minimum atomic E-state index is 0.0930. The summed E-state index contributed by atoms with van der Waals surface area (Å²) < 4.78 is 0. The molecule has 0 unspecified atom stereocenters. The lowest BCUT2D eigenvalue weighted by atomic mass is 10.0. The predicted octanol–water partition coefficient (Wildman–Crippen LogP) is 3.64. The maximum absolute atomic E-state index is 13.0. The number of thiazole rings is 1. The van der Waals surface area contributed by atoms with Gasteiger partial charge in [-0.15, -0.1) is 11.3 Å². The zero-order valence-corrected chi connectivity index (χ0v) is 17.2. The fourth-order valence-corrected chi connectivity index (χ4v) is 5.13. The Morgan fingerprint density at radius 2 is 1.75 bits per heavy atom. The molecule has 0 N–H and O–H groups in total. The number of carbonyl (C=O) groups excluding carboxylic acids is 2. The molecule has 28 heavy (non-hydrogen) atoms. The van der Waals surface area contributed by atoms with Crippen LogP contribution in [-0.4, -0.2) is 52.8 Å². The second-order valence-electron chi connectivity index (χ2n) is 7.82. The van der Waals surface area contributed by atoms with Crippen molar-refractivity contribution < 1.29 is 9.59 Å². The van der Waals surface area contributed by atoms with Gasteiger partial charge in [-0.2, -0.15) is 0 Å². The van der Waals surface area contributed by atoms with Gasteiger partial charge in [-0.1, -0.05) is 37.1 Å². The molecule has 1 saturated carbocycles. The lowest BCUT2D eigenvalue weighted by Crippen LogP contribution is -2.51. The first-order valence-corrected chi connectivity index (χ1v) is 11.1. The lowest BCUT2D eigenvalue weighted by Gasteiger charge is -2.35. The molecule has 0 atom stereocenters. The van der Waals surface area contributed by atoms with Gasteiger partial charge in [-0.05, 0) is 30.9 Å². The first kappa shape index (κ1) is 19.1. The van der Waals surface area contributed by atoms with Crippen molar-refractivity contribution in [3.63, 3.8) is 0 Å². The van der Waals surface area contributed by atoms with E-state index in [1.165, 1.54) is 24.2 Å². The van der Waals surface area contributed by atoms with Gasteiger partial charge in [0.2, 0.25) is 5.91 Å². The number of carbonyl (C=O) groups is 2. The van der Waals surface area contributed by atoms with Crippen molar-refractivity contribution in [2.24, 2.45) is 0 Å². The topological polar surface area (TPSA) is 53.5 Å². The monoisotopic (exact) mass is 397 g/mol. The van der Waals surface area contributed by atoms with Gasteiger partial charge in [0.15, 0.2) is 0 Å². The number of piperazine rings is 1. The molecule has 1 aliphatic carbocycles. The molecule has 1 aromatic heterocycles. The van der Waals surface area contributed by atoms with Gasteiger partial charge in [0, 0.05) is 32.1 Å². The number of rotatable bonds is 4. The van der Waals surface area contributed by atoms with Crippen LogP contribution in [0.15, 0.2) is 29.8 Å². The highest BCUT2D eigenvalue weighted by atomic mass is 32.1. The van der Waals surface area contributed by atoms with Crippen molar-refractivity contribution in [1.29, 1.82) is 0 Å². The Kier molecular flexibility index (Phi) is 5.76. The maximum atomic E-state index is 13.0. The highest BCUT2D eigenvalue weighted by molar-refractivity contribution is 7.11. The summed E-state index contributed by atoms with van der Waals surface area (Å²) in [5.74, 6) is 0.684. The number of benzene rings is 1. The highest BCUT2D eigenvalue weighted by Gasteiger charge is 2.30. The maximum Gasteiger partial charge on any atom is 0.265 e. The number of hydrogen-bond donors (Lipinski definition) is 0. The molecule has 2 heterocycles. The van der Waals surface area contributed by atoms with Crippen LogP contribution in [0.4, 0.5) is 0 Å². The summed E-state index contributed by atoms with van der Waals surface area (Å²) in [6.45, 7) is 4.44. The van der Waals surface area contributed by atoms with Gasteiger partial charge in [0.25, 0.3) is 5.91 Å². The summed E-state index contributed by atoms with van der Waals surface area (Å²) in [4.78, 5) is 34.8. The van der Waals surface area contributed by atoms with E-state index in [0.29, 0.717) is 38.5 Å². The largest absolute Gasteiger partial charge is 0.339 e. The summed E-state index contributed by atoms with van der Waals surface area (Å²) in [6, 6.07) is 8.02. The minimum absolute atomic E-state index is 0.0930. The van der Waals surface area contributed by atoms with Gasteiger partial charge in [0.1, 0.15) is 4.88 Å². The Hall–Kier alpha value is -2.21. The Labute approximate surface area is 170 Å². The number of aromatic nitrogens is 1. The zero-order chi connectivity index (χ0) is 19.5. The van der Waals surface area contributed by atoms with Crippen molar-refractivity contribution in [1.82, 2.24) is 14.8 Å². The van der Waals surface area contributed by atoms with E-state index in [4.69, 9.17) is 0 Å². The molecular weight excluding hydrogens is 370 g/mol. The molecule has 1 saturated heterocycles. The third kappa shape index (κ3) is 3.97. The van der Waals surface area contributed by atoms with Crippen LogP contribution in [0.3, 0.4) is 0 Å². The third-order valence-corrected chi connectivity index (χ3v) is 6.88. The van der Waals surface area contributed by atoms with Crippen molar-refractivity contribution >= 4 is 23.2 Å². The first-order chi connectivity index (χ1) is 13.6. The van der Waals surface area contributed by atoms with Crippen LogP contribution < -0.4 is 0 Å². The summed E-state index contributed by atoms with van der Waals surface area (Å²) in [5.41, 5.74) is 5.04. The van der Waals surface area contributed by atoms with Crippen LogP contribution in [0.1, 0.15) is 58.1 Å². The summed E-state index contributed by atoms with van der Waals surface area (Å²) in [6.07, 6.45) is 5.19. The molecule has 0 radical (unpaired) electrons. The van der Waals surface area contributed by atoms with E-state index in [9.17, 15) is 9.59 Å². The minimum Gasteiger partial charge on any atom is -0.339 e. The summed E-state index contributed by atoms with van der Waals surface area (Å²) in [5, 5.41) is 0. The standard InChI is InChI=1S/C22H27N3O2S/c1-16-6-2-3-9-18(16)14-19(26)24-10-12-25(13-11-24)22(27)21-20(23-15-28-21)17-7-4-5-8-17/h2-3,6,9,15,17H,4-5,7-8,10-14H2,1H3. The van der Waals surface area contributed by atoms with Gasteiger partial charge in [-0.3, -0.25) is 9.59 Å². The molecule has 1 aliphatic heterocycles. The lowest BCUT2D eigenvalue weighted by molar-refractivity contribution is -0.131. The Morgan fingerprint density at radius 1 is 1.07 bits per heavy atom. The molecule has 2 aromatic rings. The molecule has 4 rings (SSSR count). The quantitative estimate of drug-likeness (QED) is 0.792. The highest BCUT2D eigenvalue weighted by Crippen LogP contribution is 2.36. The number of aryl methyl sites for hydroxylation is 1. The summed E-state index contributed by atoms with van der Waals surface area (Å²) in [7, 11) is 0. The predicted molar refractivity (Wildman–Crippen MR) is 111 cm³/mol. The number of amides is 2. The molecule has 0 spiro atoms. The van der Waals surface area contributed by atoms with E-state index in [1.807, 2.05) is 46.5 Å². The van der Waals surface area contributed by atoms with E-state index < -0.39 is 0 Å². The Balaban J connectivity index is 1.35. The van der Waals surface area contributed by atoms with Crippen molar-refractivity contribution in [3.05, 3.63) is 51.5 Å². The van der Waals surface area contributed by atoms with Crippen LogP contribution in [0.5, 0.6) is 0 Å². The number of hydrogen-bond acceptors (Lipinski definition) is 4. The second kappa shape index (κ2) is 8.43. The van der Waals surface area contributed by atoms with E-state index >= 15 is 0 Å². The molecule has 6 heteroatoms. The molecule has 0 bridgehead atoms. The fourth-order valence-electron chi connectivity index (χ4n) is 4.29. The van der Waals surface area contributed by atoms with E-state index in [1.54, 1.807) is 0 Å². The molecule has 148 valence electrons. The molecule has 2 fully saturated rings. The van der Waals surface area contributed by atoms with Crippen LogP contribution >= 0.6 is 11.3 Å². The average molecular weight is 398 g/mol. The normalized spacial score (nSPS) is 17.9. The van der Waals surface area contributed by atoms with Crippen molar-refractivity contribution in [2.75, 3.05) is 26.2 Å². The third-order valence-electron chi connectivity index (χ3n) is 6.05. The molecule has 2 amide bonds. The Morgan fingerprint density at radius 3 is 2.46 bits per heavy atom. The Bertz CT molecular complexity index is 849. The average Bonchev–Trinajstić information content (AvgIpc) is 3.40. The molecule has 1 aromatic carbocycles. The van der Waals surface area contributed by atoms with Crippen LogP contribution in [0.25, 0.3) is 0 Å². The van der Waals surface area contributed by atoms with Crippen LogP contribution in [0.2, 0.25) is 0 Å². The molecule has 5 nitrogen and oxygen atoms in total. The van der Waals surface area contributed by atoms with Gasteiger partial charge >= 0.3 is 0 Å². The second-order valence-corrected chi connectivity index (χ2v) is 8.68. The molecule has 2 aliphatic rings. The van der Waals surface area contributed by atoms with Gasteiger partial charge in [0.05, 0.1) is 17.6 Å². The zero-order valence-electron chi connectivity index (χ0n) is 16.4. The summed E-state index contributed by atoms with van der Waals surface area (Å²) >= 11 is 1.47. The SMILES string of the molecule is Cc1ccccc1CC(=O)N1CCN(C(=O)c2scnc2C2CCCC2)CC1. The van der Waals surface area contributed by atoms with E-state index in [2.05, 4.69) is 4.98 Å². The van der Waals surface area contributed by atoms with Gasteiger partial charge < -0.3 is 9.80 Å².